The quantitative estimate of drug-likeness (QED) is 0.586. The number of hydrogen-bond acceptors (Lipinski definition) is 3. The SMILES string of the molecule is CC(C)OC(=O)C(F)(F)C(F)(F)C(=O)O. The van der Waals surface area contributed by atoms with Crippen LogP contribution in [0.1, 0.15) is 13.8 Å². The molecule has 0 heterocycles. The zero-order valence-electron chi connectivity index (χ0n) is 7.76. The number of carbonyl (C=O) groups is 2. The molecule has 0 amide bonds. The van der Waals surface area contributed by atoms with E-state index in [4.69, 9.17) is 5.11 Å². The third kappa shape index (κ3) is 2.57. The van der Waals surface area contributed by atoms with Gasteiger partial charge >= 0.3 is 23.8 Å². The van der Waals surface area contributed by atoms with Crippen molar-refractivity contribution >= 4 is 11.9 Å². The molecule has 0 rings (SSSR count). The Morgan fingerprint density at radius 2 is 1.53 bits per heavy atom. The average molecular weight is 232 g/mol. The number of carboxylic acid groups (broad SMARTS) is 1. The summed E-state index contributed by atoms with van der Waals surface area (Å²) < 4.78 is 53.8. The third-order valence-corrected chi connectivity index (χ3v) is 1.26. The molecule has 0 atom stereocenters. The smallest absolute Gasteiger partial charge is 0.415 e. The lowest BCUT2D eigenvalue weighted by Gasteiger charge is -2.21. The number of rotatable bonds is 4. The molecule has 0 bridgehead atoms. The highest BCUT2D eigenvalue weighted by Crippen LogP contribution is 2.35. The van der Waals surface area contributed by atoms with E-state index in [9.17, 15) is 27.2 Å². The van der Waals surface area contributed by atoms with Crippen LogP contribution in [0, 0.1) is 0 Å². The predicted octanol–water partition coefficient (Wildman–Crippen LogP) is 1.29. The molecule has 1 N–H and O–H groups in total. The molecule has 0 saturated carbocycles. The van der Waals surface area contributed by atoms with Crippen LogP contribution < -0.4 is 0 Å². The van der Waals surface area contributed by atoms with Crippen molar-refractivity contribution in [1.82, 2.24) is 0 Å². The van der Waals surface area contributed by atoms with Gasteiger partial charge in [0, 0.05) is 0 Å². The number of esters is 1. The first kappa shape index (κ1) is 13.7. The molecule has 0 aliphatic rings. The minimum atomic E-state index is -5.49. The molecular formula is C7H8F4O4. The van der Waals surface area contributed by atoms with Gasteiger partial charge in [-0.15, -0.1) is 0 Å². The number of ether oxygens (including phenoxy) is 1. The summed E-state index contributed by atoms with van der Waals surface area (Å²) in [5.41, 5.74) is 0. The summed E-state index contributed by atoms with van der Waals surface area (Å²) in [5.74, 6) is -16.5. The minimum Gasteiger partial charge on any atom is -0.477 e. The summed E-state index contributed by atoms with van der Waals surface area (Å²) in [6.07, 6.45) is -1.05. The number of carbonyl (C=O) groups excluding carboxylic acids is 1. The van der Waals surface area contributed by atoms with E-state index in [2.05, 4.69) is 4.74 Å². The van der Waals surface area contributed by atoms with Crippen LogP contribution >= 0.6 is 0 Å². The molecule has 0 aliphatic carbocycles. The van der Waals surface area contributed by atoms with E-state index in [-0.39, 0.29) is 0 Å². The van der Waals surface area contributed by atoms with Crippen molar-refractivity contribution in [3.63, 3.8) is 0 Å². The van der Waals surface area contributed by atoms with Crippen molar-refractivity contribution in [3.05, 3.63) is 0 Å². The lowest BCUT2D eigenvalue weighted by molar-refractivity contribution is -0.236. The van der Waals surface area contributed by atoms with Crippen molar-refractivity contribution in [3.8, 4) is 0 Å². The van der Waals surface area contributed by atoms with Crippen LogP contribution in [-0.4, -0.2) is 35.0 Å². The highest BCUT2D eigenvalue weighted by atomic mass is 19.3. The molecular weight excluding hydrogens is 224 g/mol. The van der Waals surface area contributed by atoms with E-state index < -0.39 is 29.9 Å². The van der Waals surface area contributed by atoms with Gasteiger partial charge in [-0.3, -0.25) is 0 Å². The second-order valence-corrected chi connectivity index (χ2v) is 2.91. The van der Waals surface area contributed by atoms with Crippen molar-refractivity contribution in [1.29, 1.82) is 0 Å². The first-order chi connectivity index (χ1) is 6.53. The van der Waals surface area contributed by atoms with Gasteiger partial charge in [0.05, 0.1) is 6.10 Å². The van der Waals surface area contributed by atoms with E-state index >= 15 is 0 Å². The zero-order chi connectivity index (χ0) is 12.4. The van der Waals surface area contributed by atoms with Gasteiger partial charge in [-0.2, -0.15) is 17.6 Å². The maximum atomic E-state index is 12.6. The minimum absolute atomic E-state index is 1.05. The second kappa shape index (κ2) is 4.03. The normalized spacial score (nSPS) is 12.7. The third-order valence-electron chi connectivity index (χ3n) is 1.26. The van der Waals surface area contributed by atoms with Gasteiger partial charge in [0.15, 0.2) is 0 Å². The second-order valence-electron chi connectivity index (χ2n) is 2.91. The van der Waals surface area contributed by atoms with Crippen LogP contribution in [0.25, 0.3) is 0 Å². The maximum absolute atomic E-state index is 12.6. The molecule has 15 heavy (non-hydrogen) atoms. The van der Waals surface area contributed by atoms with Gasteiger partial charge < -0.3 is 9.84 Å². The average Bonchev–Trinajstić information content (AvgIpc) is 2.01. The number of halogens is 4. The highest BCUT2D eigenvalue weighted by Gasteiger charge is 2.68. The fourth-order valence-corrected chi connectivity index (χ4v) is 0.551. The molecule has 0 aromatic rings. The highest BCUT2D eigenvalue weighted by molar-refractivity contribution is 5.89. The molecule has 0 spiro atoms. The first-order valence-electron chi connectivity index (χ1n) is 3.73. The zero-order valence-corrected chi connectivity index (χ0v) is 7.76. The molecule has 0 unspecified atom stereocenters. The first-order valence-corrected chi connectivity index (χ1v) is 3.73. The Morgan fingerprint density at radius 3 is 1.80 bits per heavy atom. The number of alkyl halides is 4. The fraction of sp³-hybridized carbons (Fsp3) is 0.714. The topological polar surface area (TPSA) is 63.6 Å². The largest absolute Gasteiger partial charge is 0.477 e. The summed E-state index contributed by atoms with van der Waals surface area (Å²) in [4.78, 5) is 20.3. The monoisotopic (exact) mass is 232 g/mol. The molecule has 0 aromatic carbocycles. The number of aliphatic carboxylic acids is 1. The van der Waals surface area contributed by atoms with Gasteiger partial charge in [0.1, 0.15) is 0 Å². The molecule has 0 radical (unpaired) electrons. The van der Waals surface area contributed by atoms with Crippen LogP contribution in [0.15, 0.2) is 0 Å². The van der Waals surface area contributed by atoms with Crippen LogP contribution in [0.5, 0.6) is 0 Å². The molecule has 88 valence electrons. The van der Waals surface area contributed by atoms with Crippen LogP contribution in [0.2, 0.25) is 0 Å². The van der Waals surface area contributed by atoms with Gasteiger partial charge in [-0.05, 0) is 13.8 Å². The van der Waals surface area contributed by atoms with E-state index in [1.165, 1.54) is 0 Å². The van der Waals surface area contributed by atoms with Gasteiger partial charge in [0.25, 0.3) is 0 Å². The molecule has 0 saturated heterocycles. The van der Waals surface area contributed by atoms with E-state index in [0.29, 0.717) is 0 Å². The Kier molecular flexibility index (Phi) is 3.67. The summed E-state index contributed by atoms with van der Waals surface area (Å²) in [5, 5.41) is 7.82. The summed E-state index contributed by atoms with van der Waals surface area (Å²) >= 11 is 0. The standard InChI is InChI=1S/C7H8F4O4/c1-3(2)15-5(14)7(10,11)6(8,9)4(12)13/h3H,1-2H3,(H,12,13). The Morgan fingerprint density at radius 1 is 1.13 bits per heavy atom. The summed E-state index contributed by atoms with van der Waals surface area (Å²) in [7, 11) is 0. The molecule has 8 heteroatoms. The Hall–Kier alpha value is -1.34. The van der Waals surface area contributed by atoms with Crippen molar-refractivity contribution in [2.24, 2.45) is 0 Å². The molecule has 4 nitrogen and oxygen atoms in total. The number of hydrogen-bond donors (Lipinski definition) is 1. The number of carboxylic acids is 1. The van der Waals surface area contributed by atoms with Crippen LogP contribution in [0.3, 0.4) is 0 Å². The van der Waals surface area contributed by atoms with E-state index in [1.807, 2.05) is 0 Å². The van der Waals surface area contributed by atoms with Crippen molar-refractivity contribution < 1.29 is 37.0 Å². The molecule has 0 aromatic heterocycles. The van der Waals surface area contributed by atoms with Gasteiger partial charge in [-0.25, -0.2) is 9.59 Å². The predicted molar refractivity (Wildman–Crippen MR) is 38.8 cm³/mol. The van der Waals surface area contributed by atoms with Crippen LogP contribution in [-0.2, 0) is 14.3 Å². The maximum Gasteiger partial charge on any atom is 0.415 e. The van der Waals surface area contributed by atoms with Crippen molar-refractivity contribution in [2.75, 3.05) is 0 Å². The molecule has 0 fully saturated rings. The van der Waals surface area contributed by atoms with Crippen LogP contribution in [0.4, 0.5) is 17.6 Å². The molecule has 0 aliphatic heterocycles. The Balaban J connectivity index is 4.96. The van der Waals surface area contributed by atoms with Gasteiger partial charge in [-0.1, -0.05) is 0 Å². The van der Waals surface area contributed by atoms with E-state index in [1.54, 1.807) is 0 Å². The fourth-order valence-electron chi connectivity index (χ4n) is 0.551. The lowest BCUT2D eigenvalue weighted by Crippen LogP contribution is -2.53. The Labute approximate surface area is 81.8 Å². The van der Waals surface area contributed by atoms with E-state index in [0.717, 1.165) is 13.8 Å². The summed E-state index contributed by atoms with van der Waals surface area (Å²) in [6, 6.07) is 0. The van der Waals surface area contributed by atoms with Gasteiger partial charge in [0.2, 0.25) is 0 Å². The Bertz CT molecular complexity index is 274. The van der Waals surface area contributed by atoms with Crippen molar-refractivity contribution in [2.45, 2.75) is 31.8 Å². The summed E-state index contributed by atoms with van der Waals surface area (Å²) in [6.45, 7) is 2.32. The lowest BCUT2D eigenvalue weighted by atomic mass is 10.2.